The monoisotopic (exact) mass is 401 g/mol. The fraction of sp³-hybridized carbons (Fsp3) is 0.529. The number of benzene rings is 1. The van der Waals surface area contributed by atoms with Gasteiger partial charge in [-0.3, -0.25) is 0 Å². The SMILES string of the molecule is C=CCC(NS(=O)(=O)C(C)(C)C)c1cc(Br)cc2c1COCC2. The van der Waals surface area contributed by atoms with Crippen molar-refractivity contribution in [3.8, 4) is 0 Å². The van der Waals surface area contributed by atoms with E-state index in [2.05, 4.69) is 33.3 Å². The fourth-order valence-corrected chi connectivity index (χ4v) is 4.03. The number of halogens is 1. The maximum absolute atomic E-state index is 12.6. The number of ether oxygens (including phenoxy) is 1. The lowest BCUT2D eigenvalue weighted by Crippen LogP contribution is -2.41. The summed E-state index contributed by atoms with van der Waals surface area (Å²) in [6, 6.07) is 3.72. The topological polar surface area (TPSA) is 55.4 Å². The van der Waals surface area contributed by atoms with Crippen LogP contribution in [0.15, 0.2) is 29.3 Å². The summed E-state index contributed by atoms with van der Waals surface area (Å²) in [5, 5.41) is 0. The van der Waals surface area contributed by atoms with Crippen LogP contribution >= 0.6 is 15.9 Å². The number of sulfonamides is 1. The summed E-state index contributed by atoms with van der Waals surface area (Å²) in [6.07, 6.45) is 3.11. The average molecular weight is 402 g/mol. The molecule has 1 aromatic rings. The van der Waals surface area contributed by atoms with Crippen molar-refractivity contribution in [2.24, 2.45) is 0 Å². The molecule has 1 heterocycles. The lowest BCUT2D eigenvalue weighted by atomic mass is 9.92. The van der Waals surface area contributed by atoms with E-state index in [0.717, 1.165) is 22.0 Å². The van der Waals surface area contributed by atoms with Crippen molar-refractivity contribution in [3.05, 3.63) is 46.0 Å². The first-order chi connectivity index (χ1) is 10.7. The summed E-state index contributed by atoms with van der Waals surface area (Å²) >= 11 is 3.54. The van der Waals surface area contributed by atoms with Crippen LogP contribution in [0.2, 0.25) is 0 Å². The van der Waals surface area contributed by atoms with E-state index in [0.29, 0.717) is 19.6 Å². The van der Waals surface area contributed by atoms with Gasteiger partial charge in [0.2, 0.25) is 10.0 Å². The molecular weight excluding hydrogens is 378 g/mol. The van der Waals surface area contributed by atoms with Gasteiger partial charge in [-0.25, -0.2) is 13.1 Å². The predicted molar refractivity (Wildman–Crippen MR) is 96.9 cm³/mol. The van der Waals surface area contributed by atoms with Gasteiger partial charge in [0, 0.05) is 4.47 Å². The predicted octanol–water partition coefficient (Wildman–Crippen LogP) is 3.86. The average Bonchev–Trinajstić information content (AvgIpc) is 2.44. The van der Waals surface area contributed by atoms with Crippen LogP contribution in [0, 0.1) is 0 Å². The van der Waals surface area contributed by atoms with Gasteiger partial charge >= 0.3 is 0 Å². The molecule has 4 nitrogen and oxygen atoms in total. The number of hydrogen-bond acceptors (Lipinski definition) is 3. The first-order valence-electron chi connectivity index (χ1n) is 7.67. The van der Waals surface area contributed by atoms with Crippen molar-refractivity contribution >= 4 is 26.0 Å². The molecule has 2 rings (SSSR count). The molecule has 1 N–H and O–H groups in total. The van der Waals surface area contributed by atoms with Crippen LogP contribution in [0.5, 0.6) is 0 Å². The summed E-state index contributed by atoms with van der Waals surface area (Å²) in [5.41, 5.74) is 3.26. The molecule has 1 unspecified atom stereocenters. The minimum Gasteiger partial charge on any atom is -0.376 e. The summed E-state index contributed by atoms with van der Waals surface area (Å²) in [7, 11) is -3.46. The van der Waals surface area contributed by atoms with Gasteiger partial charge < -0.3 is 4.74 Å². The summed E-state index contributed by atoms with van der Waals surface area (Å²) in [6.45, 7) is 10.1. The Morgan fingerprint density at radius 3 is 2.74 bits per heavy atom. The molecule has 1 aliphatic rings. The van der Waals surface area contributed by atoms with Crippen molar-refractivity contribution in [1.82, 2.24) is 4.72 Å². The maximum Gasteiger partial charge on any atom is 0.217 e. The van der Waals surface area contributed by atoms with Gasteiger partial charge in [-0.1, -0.05) is 22.0 Å². The molecule has 23 heavy (non-hydrogen) atoms. The Bertz CT molecular complexity index is 693. The van der Waals surface area contributed by atoms with E-state index in [-0.39, 0.29) is 6.04 Å². The molecule has 0 aromatic heterocycles. The highest BCUT2D eigenvalue weighted by atomic mass is 79.9. The van der Waals surface area contributed by atoms with E-state index in [1.807, 2.05) is 6.07 Å². The Morgan fingerprint density at radius 1 is 1.43 bits per heavy atom. The molecule has 1 atom stereocenters. The van der Waals surface area contributed by atoms with E-state index in [1.165, 1.54) is 5.56 Å². The van der Waals surface area contributed by atoms with E-state index in [1.54, 1.807) is 26.8 Å². The normalized spacial score (nSPS) is 16.7. The third kappa shape index (κ3) is 4.24. The Hall–Kier alpha value is -0.690. The quantitative estimate of drug-likeness (QED) is 0.761. The van der Waals surface area contributed by atoms with Crippen LogP contribution in [-0.4, -0.2) is 19.8 Å². The molecular formula is C17H24BrNO3S. The van der Waals surface area contributed by atoms with Gasteiger partial charge in [0.25, 0.3) is 0 Å². The van der Waals surface area contributed by atoms with Crippen LogP contribution in [0.1, 0.15) is 49.9 Å². The highest BCUT2D eigenvalue weighted by Gasteiger charge is 2.32. The third-order valence-electron chi connectivity index (χ3n) is 3.99. The third-order valence-corrected chi connectivity index (χ3v) is 6.65. The summed E-state index contributed by atoms with van der Waals surface area (Å²) in [4.78, 5) is 0. The molecule has 0 saturated carbocycles. The molecule has 0 radical (unpaired) electrons. The van der Waals surface area contributed by atoms with Gasteiger partial charge in [-0.05, 0) is 62.4 Å². The Morgan fingerprint density at radius 2 is 2.13 bits per heavy atom. The second-order valence-electron chi connectivity index (χ2n) is 6.75. The number of hydrogen-bond donors (Lipinski definition) is 1. The molecule has 128 valence electrons. The van der Waals surface area contributed by atoms with Gasteiger partial charge in [0.15, 0.2) is 0 Å². The highest BCUT2D eigenvalue weighted by molar-refractivity contribution is 9.10. The van der Waals surface area contributed by atoms with E-state index in [9.17, 15) is 8.42 Å². The van der Waals surface area contributed by atoms with Crippen molar-refractivity contribution < 1.29 is 13.2 Å². The van der Waals surface area contributed by atoms with Gasteiger partial charge in [0.1, 0.15) is 0 Å². The standard InChI is InChI=1S/C17H24BrNO3S/c1-5-6-16(19-23(20,21)17(2,3)4)14-10-13(18)9-12-7-8-22-11-15(12)14/h5,9-10,16,19H,1,6-8,11H2,2-4H3. The molecule has 0 bridgehead atoms. The number of rotatable bonds is 5. The Kier molecular flexibility index (Phi) is 5.72. The highest BCUT2D eigenvalue weighted by Crippen LogP contribution is 2.32. The number of fused-ring (bicyclic) bond motifs is 1. The van der Waals surface area contributed by atoms with E-state index >= 15 is 0 Å². The molecule has 0 fully saturated rings. The van der Waals surface area contributed by atoms with Gasteiger partial charge in [-0.2, -0.15) is 0 Å². The summed E-state index contributed by atoms with van der Waals surface area (Å²) in [5.74, 6) is 0. The number of nitrogens with one attached hydrogen (secondary N) is 1. The molecule has 0 aliphatic carbocycles. The molecule has 1 aromatic carbocycles. The molecule has 0 saturated heterocycles. The van der Waals surface area contributed by atoms with Crippen LogP contribution < -0.4 is 4.72 Å². The fourth-order valence-electron chi connectivity index (χ4n) is 2.55. The molecule has 0 spiro atoms. The van der Waals surface area contributed by atoms with Crippen LogP contribution in [0.3, 0.4) is 0 Å². The Balaban J connectivity index is 2.46. The van der Waals surface area contributed by atoms with E-state index < -0.39 is 14.8 Å². The minimum atomic E-state index is -3.46. The van der Waals surface area contributed by atoms with Gasteiger partial charge in [0.05, 0.1) is 24.0 Å². The Labute approximate surface area is 147 Å². The summed E-state index contributed by atoms with van der Waals surface area (Å²) < 4.78 is 33.7. The van der Waals surface area contributed by atoms with Gasteiger partial charge in [-0.15, -0.1) is 6.58 Å². The van der Waals surface area contributed by atoms with Crippen LogP contribution in [0.25, 0.3) is 0 Å². The van der Waals surface area contributed by atoms with Crippen molar-refractivity contribution in [3.63, 3.8) is 0 Å². The first kappa shape index (κ1) is 18.6. The van der Waals surface area contributed by atoms with Crippen molar-refractivity contribution in [2.75, 3.05) is 6.61 Å². The van der Waals surface area contributed by atoms with Crippen LogP contribution in [-0.2, 0) is 27.8 Å². The zero-order valence-corrected chi connectivity index (χ0v) is 16.3. The van der Waals surface area contributed by atoms with Crippen molar-refractivity contribution in [2.45, 2.75) is 51.0 Å². The molecule has 6 heteroatoms. The zero-order chi connectivity index (χ0) is 17.3. The van der Waals surface area contributed by atoms with E-state index in [4.69, 9.17) is 4.74 Å². The lowest BCUT2D eigenvalue weighted by molar-refractivity contribution is 0.109. The largest absolute Gasteiger partial charge is 0.376 e. The smallest absolute Gasteiger partial charge is 0.217 e. The minimum absolute atomic E-state index is 0.343. The molecule has 0 amide bonds. The van der Waals surface area contributed by atoms with Crippen molar-refractivity contribution in [1.29, 1.82) is 0 Å². The molecule has 1 aliphatic heterocycles. The zero-order valence-electron chi connectivity index (χ0n) is 13.9. The second kappa shape index (κ2) is 7.05. The van der Waals surface area contributed by atoms with Crippen LogP contribution in [0.4, 0.5) is 0 Å². The lowest BCUT2D eigenvalue weighted by Gasteiger charge is -2.28. The maximum atomic E-state index is 12.6. The first-order valence-corrected chi connectivity index (χ1v) is 9.95. The second-order valence-corrected chi connectivity index (χ2v) is 10.1.